The number of benzene rings is 2. The van der Waals surface area contributed by atoms with Crippen LogP contribution in [0.2, 0.25) is 0 Å². The second kappa shape index (κ2) is 5.75. The Morgan fingerprint density at radius 3 is 2.47 bits per heavy atom. The van der Waals surface area contributed by atoms with Gasteiger partial charge in [-0.05, 0) is 23.8 Å². The third-order valence-electron chi connectivity index (χ3n) is 2.65. The Hall–Kier alpha value is -2.01. The third-order valence-corrected chi connectivity index (χ3v) is 2.65. The van der Waals surface area contributed by atoms with E-state index in [1.807, 2.05) is 0 Å². The second-order valence-electron chi connectivity index (χ2n) is 3.97. The molecule has 2 nitrogen and oxygen atoms in total. The molecule has 0 aliphatic carbocycles. The number of halogens is 3. The van der Waals surface area contributed by atoms with Gasteiger partial charge in [0.1, 0.15) is 12.4 Å². The van der Waals surface area contributed by atoms with Crippen LogP contribution < -0.4 is 10.5 Å². The van der Waals surface area contributed by atoms with Crippen LogP contribution in [0.1, 0.15) is 11.1 Å². The molecule has 0 unspecified atom stereocenters. The summed E-state index contributed by atoms with van der Waals surface area (Å²) in [6.07, 6.45) is 0. The van der Waals surface area contributed by atoms with E-state index in [-0.39, 0.29) is 24.5 Å². The summed E-state index contributed by atoms with van der Waals surface area (Å²) in [5, 5.41) is 0. The molecule has 19 heavy (non-hydrogen) atoms. The van der Waals surface area contributed by atoms with Crippen LogP contribution in [-0.2, 0) is 13.2 Å². The first-order chi connectivity index (χ1) is 9.11. The van der Waals surface area contributed by atoms with Gasteiger partial charge in [-0.2, -0.15) is 4.39 Å². The Labute approximate surface area is 108 Å². The lowest BCUT2D eigenvalue weighted by Crippen LogP contribution is -2.03. The molecule has 0 heterocycles. The first-order valence-corrected chi connectivity index (χ1v) is 5.66. The summed E-state index contributed by atoms with van der Waals surface area (Å²) < 4.78 is 44.9. The van der Waals surface area contributed by atoms with Crippen molar-refractivity contribution in [3.05, 3.63) is 65.0 Å². The van der Waals surface area contributed by atoms with Crippen molar-refractivity contribution in [1.29, 1.82) is 0 Å². The quantitative estimate of drug-likeness (QED) is 0.923. The standard InChI is InChI=1S/C14H12F3NO/c15-11-2-1-3-13(14(11)17)19-8-10-5-4-9(7-18)6-12(10)16/h1-6H,7-8,18H2. The summed E-state index contributed by atoms with van der Waals surface area (Å²) in [7, 11) is 0. The molecule has 2 aromatic carbocycles. The van der Waals surface area contributed by atoms with Crippen LogP contribution >= 0.6 is 0 Å². The lowest BCUT2D eigenvalue weighted by atomic mass is 10.1. The number of hydrogen-bond acceptors (Lipinski definition) is 2. The predicted molar refractivity (Wildman–Crippen MR) is 65.0 cm³/mol. The van der Waals surface area contributed by atoms with Crippen molar-refractivity contribution >= 4 is 0 Å². The summed E-state index contributed by atoms with van der Waals surface area (Å²) in [5.41, 5.74) is 6.28. The highest BCUT2D eigenvalue weighted by Crippen LogP contribution is 2.21. The number of hydrogen-bond donors (Lipinski definition) is 1. The van der Waals surface area contributed by atoms with E-state index in [4.69, 9.17) is 10.5 Å². The fourth-order valence-electron chi connectivity index (χ4n) is 1.59. The Morgan fingerprint density at radius 1 is 1.00 bits per heavy atom. The Bertz CT molecular complexity index is 587. The van der Waals surface area contributed by atoms with E-state index < -0.39 is 17.5 Å². The smallest absolute Gasteiger partial charge is 0.200 e. The van der Waals surface area contributed by atoms with Gasteiger partial charge in [0.2, 0.25) is 5.82 Å². The lowest BCUT2D eigenvalue weighted by molar-refractivity contribution is 0.279. The molecule has 100 valence electrons. The lowest BCUT2D eigenvalue weighted by Gasteiger charge is -2.09. The van der Waals surface area contributed by atoms with Crippen LogP contribution in [0.3, 0.4) is 0 Å². The maximum atomic E-state index is 13.6. The molecule has 0 aliphatic rings. The van der Waals surface area contributed by atoms with Gasteiger partial charge in [0, 0.05) is 12.1 Å². The highest BCUT2D eigenvalue weighted by Gasteiger charge is 2.10. The van der Waals surface area contributed by atoms with Gasteiger partial charge >= 0.3 is 0 Å². The first-order valence-electron chi connectivity index (χ1n) is 5.66. The maximum absolute atomic E-state index is 13.6. The van der Waals surface area contributed by atoms with Crippen LogP contribution in [0.15, 0.2) is 36.4 Å². The van der Waals surface area contributed by atoms with Crippen molar-refractivity contribution < 1.29 is 17.9 Å². The van der Waals surface area contributed by atoms with Crippen molar-refractivity contribution in [1.82, 2.24) is 0 Å². The van der Waals surface area contributed by atoms with E-state index in [1.54, 1.807) is 6.07 Å². The molecule has 2 aromatic rings. The van der Waals surface area contributed by atoms with Crippen molar-refractivity contribution in [3.63, 3.8) is 0 Å². The summed E-state index contributed by atoms with van der Waals surface area (Å²) in [4.78, 5) is 0. The van der Waals surface area contributed by atoms with Crippen LogP contribution in [0, 0.1) is 17.5 Å². The third kappa shape index (κ3) is 3.06. The van der Waals surface area contributed by atoms with Crippen LogP contribution in [0.4, 0.5) is 13.2 Å². The van der Waals surface area contributed by atoms with E-state index in [1.165, 1.54) is 24.3 Å². The van der Waals surface area contributed by atoms with E-state index in [2.05, 4.69) is 0 Å². The molecule has 0 bridgehead atoms. The van der Waals surface area contributed by atoms with Gasteiger partial charge in [-0.1, -0.05) is 18.2 Å². The Kier molecular flexibility index (Phi) is 4.06. The molecule has 0 amide bonds. The fraction of sp³-hybridized carbons (Fsp3) is 0.143. The Morgan fingerprint density at radius 2 is 1.79 bits per heavy atom. The molecule has 2 N–H and O–H groups in total. The normalized spacial score (nSPS) is 10.5. The molecular formula is C14H12F3NO. The first kappa shape index (κ1) is 13.4. The summed E-state index contributed by atoms with van der Waals surface area (Å²) in [5.74, 6) is -2.82. The van der Waals surface area contributed by atoms with E-state index >= 15 is 0 Å². The molecule has 0 saturated heterocycles. The van der Waals surface area contributed by atoms with Crippen LogP contribution in [0.25, 0.3) is 0 Å². The Balaban J connectivity index is 2.12. The van der Waals surface area contributed by atoms with Crippen molar-refractivity contribution in [2.75, 3.05) is 0 Å². The van der Waals surface area contributed by atoms with Gasteiger partial charge in [-0.25, -0.2) is 8.78 Å². The largest absolute Gasteiger partial charge is 0.486 e. The van der Waals surface area contributed by atoms with Crippen molar-refractivity contribution in [2.45, 2.75) is 13.2 Å². The van der Waals surface area contributed by atoms with Gasteiger partial charge in [0.05, 0.1) is 0 Å². The second-order valence-corrected chi connectivity index (χ2v) is 3.97. The summed E-state index contributed by atoms with van der Waals surface area (Å²) in [6.45, 7) is 0.0492. The molecule has 5 heteroatoms. The molecule has 2 rings (SSSR count). The van der Waals surface area contributed by atoms with Gasteiger partial charge in [-0.15, -0.1) is 0 Å². The minimum Gasteiger partial charge on any atom is -0.486 e. The molecule has 0 aliphatic heterocycles. The van der Waals surface area contributed by atoms with Gasteiger partial charge in [0.15, 0.2) is 11.6 Å². The average Bonchev–Trinajstić information content (AvgIpc) is 2.41. The van der Waals surface area contributed by atoms with Crippen LogP contribution in [-0.4, -0.2) is 0 Å². The number of ether oxygens (including phenoxy) is 1. The summed E-state index contributed by atoms with van der Waals surface area (Å²) in [6, 6.07) is 8.05. The average molecular weight is 267 g/mol. The van der Waals surface area contributed by atoms with Crippen molar-refractivity contribution in [3.8, 4) is 5.75 Å². The molecule has 0 fully saturated rings. The predicted octanol–water partition coefficient (Wildman–Crippen LogP) is 3.14. The molecule has 0 atom stereocenters. The fourth-order valence-corrected chi connectivity index (χ4v) is 1.59. The molecule has 0 spiro atoms. The van der Waals surface area contributed by atoms with Gasteiger partial charge < -0.3 is 10.5 Å². The van der Waals surface area contributed by atoms with E-state index in [0.29, 0.717) is 5.56 Å². The van der Waals surface area contributed by atoms with Gasteiger partial charge in [-0.3, -0.25) is 0 Å². The molecule has 0 radical (unpaired) electrons. The maximum Gasteiger partial charge on any atom is 0.200 e. The highest BCUT2D eigenvalue weighted by atomic mass is 19.2. The topological polar surface area (TPSA) is 35.2 Å². The molecule has 0 aromatic heterocycles. The van der Waals surface area contributed by atoms with Crippen molar-refractivity contribution in [2.24, 2.45) is 5.73 Å². The van der Waals surface area contributed by atoms with E-state index in [0.717, 1.165) is 6.07 Å². The van der Waals surface area contributed by atoms with E-state index in [9.17, 15) is 13.2 Å². The number of nitrogens with two attached hydrogens (primary N) is 1. The minimum atomic E-state index is -1.08. The SMILES string of the molecule is NCc1ccc(COc2cccc(F)c2F)c(F)c1. The molecular weight excluding hydrogens is 255 g/mol. The molecule has 0 saturated carbocycles. The zero-order chi connectivity index (χ0) is 13.8. The van der Waals surface area contributed by atoms with Crippen LogP contribution in [0.5, 0.6) is 5.75 Å². The van der Waals surface area contributed by atoms with Gasteiger partial charge in [0.25, 0.3) is 0 Å². The minimum absolute atomic E-state index is 0.183. The zero-order valence-corrected chi connectivity index (χ0v) is 10.00. The monoisotopic (exact) mass is 267 g/mol. The zero-order valence-electron chi connectivity index (χ0n) is 10.00. The summed E-state index contributed by atoms with van der Waals surface area (Å²) >= 11 is 0. The highest BCUT2D eigenvalue weighted by molar-refractivity contribution is 5.27. The number of rotatable bonds is 4.